The highest BCUT2D eigenvalue weighted by Gasteiger charge is 2.57. The molecule has 43 heavy (non-hydrogen) atoms. The monoisotopic (exact) mass is 577 g/mol. The highest BCUT2D eigenvalue weighted by molar-refractivity contribution is 6.19. The number of amides is 4. The lowest BCUT2D eigenvalue weighted by molar-refractivity contribution is -0.159. The van der Waals surface area contributed by atoms with Crippen LogP contribution in [0.3, 0.4) is 0 Å². The Balaban J connectivity index is 1.28. The van der Waals surface area contributed by atoms with Crippen molar-refractivity contribution in [3.63, 3.8) is 0 Å². The van der Waals surface area contributed by atoms with Crippen LogP contribution < -0.4 is 5.56 Å². The number of para-hydroxylation sites is 1. The first-order valence-electron chi connectivity index (χ1n) is 14.9. The minimum Gasteiger partial charge on any atom is -0.343 e. The number of likely N-dealkylation sites (tertiary alicyclic amines) is 1. The number of carbonyl (C=O) groups is 3. The number of fused-ring (bicyclic) bond motifs is 5. The average Bonchev–Trinajstić information content (AvgIpc) is 3.35. The lowest BCUT2D eigenvalue weighted by atomic mass is 9.75. The second-order valence-electron chi connectivity index (χ2n) is 12.4. The predicted molar refractivity (Wildman–Crippen MR) is 163 cm³/mol. The van der Waals surface area contributed by atoms with Gasteiger partial charge in [-0.2, -0.15) is 0 Å². The van der Waals surface area contributed by atoms with Crippen molar-refractivity contribution < 1.29 is 14.4 Å². The Bertz CT molecular complexity index is 1780. The smallest absolute Gasteiger partial charge is 0.332 e. The van der Waals surface area contributed by atoms with Crippen LogP contribution in [0.1, 0.15) is 29.2 Å². The Morgan fingerprint density at radius 2 is 1.51 bits per heavy atom. The molecule has 0 saturated carbocycles. The van der Waals surface area contributed by atoms with E-state index in [-0.39, 0.29) is 30.4 Å². The molecule has 3 aliphatic rings. The Labute approximate surface area is 249 Å². The maximum atomic E-state index is 14.2. The summed E-state index contributed by atoms with van der Waals surface area (Å²) in [5.41, 5.74) is 2.64. The topological polar surface area (TPSA) is 87.9 Å². The van der Waals surface area contributed by atoms with E-state index in [1.807, 2.05) is 53.1 Å². The molecule has 2 aromatic carbocycles. The van der Waals surface area contributed by atoms with E-state index in [1.165, 1.54) is 14.1 Å². The molecule has 2 bridgehead atoms. The van der Waals surface area contributed by atoms with E-state index < -0.39 is 23.3 Å². The molecule has 0 radical (unpaired) electrons. The molecule has 4 aromatic rings. The number of urea groups is 1. The second-order valence-corrected chi connectivity index (χ2v) is 12.4. The summed E-state index contributed by atoms with van der Waals surface area (Å²) in [5.74, 6) is -0.556. The van der Waals surface area contributed by atoms with Crippen molar-refractivity contribution in [2.45, 2.75) is 31.8 Å². The molecule has 2 fully saturated rings. The van der Waals surface area contributed by atoms with E-state index in [2.05, 4.69) is 33.9 Å². The molecule has 9 heteroatoms. The summed E-state index contributed by atoms with van der Waals surface area (Å²) in [6.45, 7) is 2.80. The number of benzene rings is 2. The number of nitrogens with zero attached hydrogens (tertiary/aromatic N) is 5. The van der Waals surface area contributed by atoms with Crippen LogP contribution in [0, 0.1) is 11.3 Å². The molecule has 220 valence electrons. The molecular formula is C34H35N5O4. The molecule has 2 saturated heterocycles. The predicted octanol–water partition coefficient (Wildman–Crippen LogP) is 3.55. The van der Waals surface area contributed by atoms with E-state index in [9.17, 15) is 19.2 Å². The van der Waals surface area contributed by atoms with Gasteiger partial charge in [0.2, 0.25) is 11.8 Å². The Morgan fingerprint density at radius 1 is 0.791 bits per heavy atom. The maximum Gasteiger partial charge on any atom is 0.332 e. The molecule has 3 aliphatic heterocycles. The van der Waals surface area contributed by atoms with Gasteiger partial charge in [-0.05, 0) is 42.0 Å². The highest BCUT2D eigenvalue weighted by atomic mass is 16.2. The van der Waals surface area contributed by atoms with Gasteiger partial charge in [0.25, 0.3) is 5.56 Å². The Hall–Kier alpha value is -4.50. The van der Waals surface area contributed by atoms with Gasteiger partial charge in [0.15, 0.2) is 0 Å². The minimum atomic E-state index is -1.47. The van der Waals surface area contributed by atoms with Crippen molar-refractivity contribution in [3.8, 4) is 0 Å². The number of barbiturate groups is 1. The zero-order chi connectivity index (χ0) is 29.9. The number of pyridine rings is 1. The Kier molecular flexibility index (Phi) is 6.58. The van der Waals surface area contributed by atoms with E-state index in [0.717, 1.165) is 43.9 Å². The van der Waals surface area contributed by atoms with Crippen LogP contribution in [0.15, 0.2) is 83.8 Å². The van der Waals surface area contributed by atoms with Crippen LogP contribution in [0.4, 0.5) is 4.79 Å². The zero-order valence-electron chi connectivity index (χ0n) is 24.5. The fourth-order valence-corrected chi connectivity index (χ4v) is 7.68. The fraction of sp³-hybridized carbons (Fsp3) is 0.353. The first kappa shape index (κ1) is 27.3. The van der Waals surface area contributed by atoms with Crippen molar-refractivity contribution in [1.29, 1.82) is 0 Å². The summed E-state index contributed by atoms with van der Waals surface area (Å²) in [6.07, 6.45) is 3.21. The van der Waals surface area contributed by atoms with Crippen molar-refractivity contribution in [3.05, 3.63) is 106 Å². The molecule has 0 spiro atoms. The van der Waals surface area contributed by atoms with E-state index in [4.69, 9.17) is 0 Å². The molecule has 5 heterocycles. The number of hydrogen-bond donors (Lipinski definition) is 0. The third-order valence-electron chi connectivity index (χ3n) is 9.61. The molecule has 7 rings (SSSR count). The molecule has 2 aromatic heterocycles. The van der Waals surface area contributed by atoms with Gasteiger partial charge in [-0.15, -0.1) is 0 Å². The quantitative estimate of drug-likeness (QED) is 0.327. The molecule has 4 amide bonds. The molecule has 0 N–H and O–H groups in total. The second kappa shape index (κ2) is 10.3. The van der Waals surface area contributed by atoms with E-state index >= 15 is 0 Å². The first-order valence-corrected chi connectivity index (χ1v) is 14.9. The zero-order valence-corrected chi connectivity index (χ0v) is 24.5. The number of imide groups is 2. The van der Waals surface area contributed by atoms with Crippen LogP contribution in [0.25, 0.3) is 10.9 Å². The van der Waals surface area contributed by atoms with Crippen molar-refractivity contribution in [2.75, 3.05) is 33.7 Å². The molecule has 9 nitrogen and oxygen atoms in total. The average molecular weight is 578 g/mol. The first-order chi connectivity index (χ1) is 20.7. The van der Waals surface area contributed by atoms with Crippen molar-refractivity contribution in [1.82, 2.24) is 23.8 Å². The fourth-order valence-electron chi connectivity index (χ4n) is 7.68. The standard InChI is InChI=1S/C34H35N5O4/c1-35-31(41)34(32(42)36(2)33(35)43,22-37-17-24-15-25(20-37)28-13-8-14-30(40)39(28)19-24)16-26-21-38(18-23-9-4-3-5-10-23)29-12-7-6-11-27(26)29/h3-14,21,24-25H,15-20,22H2,1-2H3/t24-,25+/m1/s1. The number of hydrogen-bond acceptors (Lipinski definition) is 5. The lowest BCUT2D eigenvalue weighted by Gasteiger charge is -2.48. The lowest BCUT2D eigenvalue weighted by Crippen LogP contribution is -2.67. The van der Waals surface area contributed by atoms with Gasteiger partial charge >= 0.3 is 6.03 Å². The van der Waals surface area contributed by atoms with Gasteiger partial charge in [0.1, 0.15) is 5.41 Å². The summed E-state index contributed by atoms with van der Waals surface area (Å²) in [4.78, 5) is 58.3. The van der Waals surface area contributed by atoms with Gasteiger partial charge in [-0.1, -0.05) is 54.6 Å². The molecule has 0 aliphatic carbocycles. The normalized spacial score (nSPS) is 21.9. The maximum absolute atomic E-state index is 14.2. The summed E-state index contributed by atoms with van der Waals surface area (Å²) >= 11 is 0. The molecular weight excluding hydrogens is 542 g/mol. The number of carbonyl (C=O) groups excluding carboxylic acids is 3. The summed E-state index contributed by atoms with van der Waals surface area (Å²) in [6, 6.07) is 23.1. The highest BCUT2D eigenvalue weighted by Crippen LogP contribution is 2.40. The van der Waals surface area contributed by atoms with Gasteiger partial charge in [-0.25, -0.2) is 4.79 Å². The summed E-state index contributed by atoms with van der Waals surface area (Å²) < 4.78 is 4.05. The van der Waals surface area contributed by atoms with Crippen molar-refractivity contribution >= 4 is 28.7 Å². The number of rotatable bonds is 6. The number of piperidine rings is 1. The third kappa shape index (κ3) is 4.50. The molecule has 2 atom stereocenters. The Morgan fingerprint density at radius 3 is 2.28 bits per heavy atom. The summed E-state index contributed by atoms with van der Waals surface area (Å²) in [5, 5.41) is 0.990. The van der Waals surface area contributed by atoms with Crippen LogP contribution in [0.5, 0.6) is 0 Å². The number of aromatic nitrogens is 2. The van der Waals surface area contributed by atoms with Crippen LogP contribution in [-0.4, -0.2) is 75.4 Å². The van der Waals surface area contributed by atoms with Crippen LogP contribution >= 0.6 is 0 Å². The largest absolute Gasteiger partial charge is 0.343 e. The van der Waals surface area contributed by atoms with Gasteiger partial charge in [0.05, 0.1) is 0 Å². The minimum absolute atomic E-state index is 0.0170. The SMILES string of the molecule is CN1C(=O)N(C)C(=O)C(Cc2cn(Cc3ccccc3)c3ccccc23)(CN2C[C@H]3C[C@@H](C2)c2cccc(=O)n2C3)C1=O. The van der Waals surface area contributed by atoms with Gasteiger partial charge in [0, 0.05) is 81.6 Å². The van der Waals surface area contributed by atoms with E-state index in [0.29, 0.717) is 26.2 Å². The molecule has 0 unspecified atom stereocenters. The van der Waals surface area contributed by atoms with Gasteiger partial charge in [-0.3, -0.25) is 24.2 Å². The van der Waals surface area contributed by atoms with Crippen molar-refractivity contribution in [2.24, 2.45) is 11.3 Å². The van der Waals surface area contributed by atoms with E-state index in [1.54, 1.807) is 6.07 Å². The van der Waals surface area contributed by atoms with Gasteiger partial charge < -0.3 is 14.0 Å². The van der Waals surface area contributed by atoms with Crippen LogP contribution in [0.2, 0.25) is 0 Å². The summed E-state index contributed by atoms with van der Waals surface area (Å²) in [7, 11) is 2.93. The van der Waals surface area contributed by atoms with Crippen LogP contribution in [-0.2, 0) is 29.1 Å². The third-order valence-corrected chi connectivity index (χ3v) is 9.61.